The summed E-state index contributed by atoms with van der Waals surface area (Å²) in [6.45, 7) is 3.94. The summed E-state index contributed by atoms with van der Waals surface area (Å²) in [7, 11) is 0. The Balaban J connectivity index is 1.78. The van der Waals surface area contributed by atoms with Gasteiger partial charge in [-0.05, 0) is 42.7 Å². The molecule has 2 N–H and O–H groups in total. The molecule has 2 amide bonds. The highest BCUT2D eigenvalue weighted by molar-refractivity contribution is 7.99. The SMILES string of the molecule is CCCCc1ccc(NC(=O)CSc2ccc(NC(=O)CC)nn2)cc1. The maximum atomic E-state index is 12.1. The molecule has 1 heterocycles. The number of carbonyl (C=O) groups excluding carboxylic acids is 2. The molecule has 0 aliphatic heterocycles. The maximum Gasteiger partial charge on any atom is 0.234 e. The van der Waals surface area contributed by atoms with E-state index >= 15 is 0 Å². The van der Waals surface area contributed by atoms with Crippen LogP contribution in [0.5, 0.6) is 0 Å². The van der Waals surface area contributed by atoms with Crippen molar-refractivity contribution in [3.63, 3.8) is 0 Å². The van der Waals surface area contributed by atoms with Gasteiger partial charge in [-0.2, -0.15) is 0 Å². The highest BCUT2D eigenvalue weighted by Crippen LogP contribution is 2.17. The first-order chi connectivity index (χ1) is 12.6. The van der Waals surface area contributed by atoms with Crippen molar-refractivity contribution in [1.29, 1.82) is 0 Å². The lowest BCUT2D eigenvalue weighted by Crippen LogP contribution is -2.14. The van der Waals surface area contributed by atoms with Gasteiger partial charge in [-0.15, -0.1) is 10.2 Å². The molecule has 138 valence electrons. The third-order valence-corrected chi connectivity index (χ3v) is 4.56. The molecule has 0 spiro atoms. The van der Waals surface area contributed by atoms with E-state index in [0.29, 0.717) is 17.3 Å². The summed E-state index contributed by atoms with van der Waals surface area (Å²) >= 11 is 1.30. The largest absolute Gasteiger partial charge is 0.325 e. The summed E-state index contributed by atoms with van der Waals surface area (Å²) in [4.78, 5) is 23.3. The van der Waals surface area contributed by atoms with Crippen molar-refractivity contribution in [3.05, 3.63) is 42.0 Å². The van der Waals surface area contributed by atoms with Gasteiger partial charge in [0.25, 0.3) is 0 Å². The average Bonchev–Trinajstić information content (AvgIpc) is 2.67. The van der Waals surface area contributed by atoms with Crippen LogP contribution in [0.3, 0.4) is 0 Å². The second kappa shape index (κ2) is 10.6. The van der Waals surface area contributed by atoms with Crippen molar-refractivity contribution in [2.45, 2.75) is 44.6 Å². The molecular weight excluding hydrogens is 348 g/mol. The highest BCUT2D eigenvalue weighted by Gasteiger charge is 2.06. The Hall–Kier alpha value is -2.41. The minimum Gasteiger partial charge on any atom is -0.325 e. The van der Waals surface area contributed by atoms with Crippen LogP contribution in [0.25, 0.3) is 0 Å². The summed E-state index contributed by atoms with van der Waals surface area (Å²) in [6, 6.07) is 11.4. The number of nitrogens with zero attached hydrogens (tertiary/aromatic N) is 2. The molecule has 0 atom stereocenters. The number of amides is 2. The molecule has 0 unspecified atom stereocenters. The summed E-state index contributed by atoms with van der Waals surface area (Å²) in [5, 5.41) is 14.1. The van der Waals surface area contributed by atoms with Gasteiger partial charge in [0, 0.05) is 12.1 Å². The van der Waals surface area contributed by atoms with E-state index in [1.165, 1.54) is 30.2 Å². The minimum absolute atomic E-state index is 0.0959. The van der Waals surface area contributed by atoms with Gasteiger partial charge in [0.15, 0.2) is 5.82 Å². The fourth-order valence-corrected chi connectivity index (χ4v) is 2.78. The third-order valence-electron chi connectivity index (χ3n) is 3.64. The molecule has 0 bridgehead atoms. The van der Waals surface area contributed by atoms with Crippen LogP contribution in [0, 0.1) is 0 Å². The van der Waals surface area contributed by atoms with Crippen molar-refractivity contribution in [3.8, 4) is 0 Å². The third kappa shape index (κ3) is 6.84. The topological polar surface area (TPSA) is 84.0 Å². The van der Waals surface area contributed by atoms with Gasteiger partial charge in [-0.1, -0.05) is 44.2 Å². The van der Waals surface area contributed by atoms with Gasteiger partial charge < -0.3 is 10.6 Å². The molecule has 7 heteroatoms. The lowest BCUT2D eigenvalue weighted by Gasteiger charge is -2.07. The molecule has 0 fully saturated rings. The number of hydrogen-bond acceptors (Lipinski definition) is 5. The Bertz CT molecular complexity index is 717. The second-order valence-corrected chi connectivity index (χ2v) is 6.79. The zero-order valence-electron chi connectivity index (χ0n) is 15.1. The summed E-state index contributed by atoms with van der Waals surface area (Å²) in [5.41, 5.74) is 2.07. The lowest BCUT2D eigenvalue weighted by molar-refractivity contribution is -0.116. The monoisotopic (exact) mass is 372 g/mol. The number of anilines is 2. The van der Waals surface area contributed by atoms with Gasteiger partial charge in [-0.3, -0.25) is 9.59 Å². The average molecular weight is 372 g/mol. The van der Waals surface area contributed by atoms with Gasteiger partial charge >= 0.3 is 0 Å². The number of carbonyl (C=O) groups is 2. The first-order valence-corrected chi connectivity index (χ1v) is 9.74. The van der Waals surface area contributed by atoms with Crippen LogP contribution in [0.1, 0.15) is 38.7 Å². The molecular formula is C19H24N4O2S. The zero-order chi connectivity index (χ0) is 18.8. The fraction of sp³-hybridized carbons (Fsp3) is 0.368. The molecule has 2 aromatic rings. The number of benzene rings is 1. The summed E-state index contributed by atoms with van der Waals surface area (Å²) in [5.74, 6) is 0.447. The molecule has 0 saturated carbocycles. The van der Waals surface area contributed by atoms with Crippen LogP contribution in [0.2, 0.25) is 0 Å². The van der Waals surface area contributed by atoms with Crippen molar-refractivity contribution in [2.24, 2.45) is 0 Å². The zero-order valence-corrected chi connectivity index (χ0v) is 15.9. The van der Waals surface area contributed by atoms with Gasteiger partial charge in [0.2, 0.25) is 11.8 Å². The fourth-order valence-electron chi connectivity index (χ4n) is 2.17. The maximum absolute atomic E-state index is 12.1. The van der Waals surface area contributed by atoms with Crippen LogP contribution in [0.4, 0.5) is 11.5 Å². The Morgan fingerprint density at radius 2 is 1.73 bits per heavy atom. The quantitative estimate of drug-likeness (QED) is 0.652. The number of rotatable bonds is 9. The number of aromatic nitrogens is 2. The van der Waals surface area contributed by atoms with Crippen molar-refractivity contribution in [1.82, 2.24) is 10.2 Å². The number of thioether (sulfide) groups is 1. The minimum atomic E-state index is -0.111. The van der Waals surface area contributed by atoms with Crippen LogP contribution in [-0.4, -0.2) is 27.8 Å². The van der Waals surface area contributed by atoms with E-state index in [2.05, 4.69) is 27.8 Å². The first kappa shape index (κ1) is 19.9. The van der Waals surface area contributed by atoms with E-state index in [1.807, 2.05) is 24.3 Å². The molecule has 0 aliphatic carbocycles. The van der Waals surface area contributed by atoms with Crippen molar-refractivity contribution in [2.75, 3.05) is 16.4 Å². The van der Waals surface area contributed by atoms with E-state index in [-0.39, 0.29) is 17.6 Å². The first-order valence-electron chi connectivity index (χ1n) is 8.76. The smallest absolute Gasteiger partial charge is 0.234 e. The molecule has 0 radical (unpaired) electrons. The van der Waals surface area contributed by atoms with Gasteiger partial charge in [-0.25, -0.2) is 0 Å². The summed E-state index contributed by atoms with van der Waals surface area (Å²) in [6.07, 6.45) is 3.79. The number of aryl methyl sites for hydroxylation is 1. The number of nitrogens with one attached hydrogen (secondary N) is 2. The van der Waals surface area contributed by atoms with Gasteiger partial charge in [0.05, 0.1) is 5.75 Å². The van der Waals surface area contributed by atoms with Crippen LogP contribution < -0.4 is 10.6 Å². The predicted octanol–water partition coefficient (Wildman–Crippen LogP) is 3.90. The van der Waals surface area contributed by atoms with E-state index in [1.54, 1.807) is 19.1 Å². The Morgan fingerprint density at radius 1 is 0.962 bits per heavy atom. The van der Waals surface area contributed by atoms with Crippen molar-refractivity contribution < 1.29 is 9.59 Å². The standard InChI is InChI=1S/C19H24N4O2S/c1-3-5-6-14-7-9-15(10-8-14)20-18(25)13-26-19-12-11-16(22-23-19)21-17(24)4-2/h7-12H,3-6,13H2,1-2H3,(H,20,25)(H,21,22,24). The van der Waals surface area contributed by atoms with Crippen LogP contribution in [0.15, 0.2) is 41.4 Å². The molecule has 26 heavy (non-hydrogen) atoms. The highest BCUT2D eigenvalue weighted by atomic mass is 32.2. The van der Waals surface area contributed by atoms with E-state index < -0.39 is 0 Å². The molecule has 0 aliphatic rings. The Kier molecular flexibility index (Phi) is 8.08. The number of hydrogen-bond donors (Lipinski definition) is 2. The molecule has 6 nitrogen and oxygen atoms in total. The molecule has 2 rings (SSSR count). The normalized spacial score (nSPS) is 10.4. The lowest BCUT2D eigenvalue weighted by atomic mass is 10.1. The van der Waals surface area contributed by atoms with Gasteiger partial charge in [0.1, 0.15) is 5.03 Å². The van der Waals surface area contributed by atoms with E-state index in [4.69, 9.17) is 0 Å². The number of unbranched alkanes of at least 4 members (excludes halogenated alkanes) is 1. The molecule has 1 aromatic carbocycles. The van der Waals surface area contributed by atoms with E-state index in [9.17, 15) is 9.59 Å². The van der Waals surface area contributed by atoms with Crippen molar-refractivity contribution >= 4 is 35.1 Å². The van der Waals surface area contributed by atoms with Crippen LogP contribution >= 0.6 is 11.8 Å². The van der Waals surface area contributed by atoms with Crippen LogP contribution in [-0.2, 0) is 16.0 Å². The molecule has 0 saturated heterocycles. The molecule has 1 aromatic heterocycles. The second-order valence-electron chi connectivity index (χ2n) is 5.80. The summed E-state index contributed by atoms with van der Waals surface area (Å²) < 4.78 is 0. The van der Waals surface area contributed by atoms with E-state index in [0.717, 1.165) is 12.1 Å². The Labute approximate surface area is 158 Å². The Morgan fingerprint density at radius 3 is 2.35 bits per heavy atom. The predicted molar refractivity (Wildman–Crippen MR) is 105 cm³/mol.